The number of hydrogen-bond acceptors (Lipinski definition) is 6. The Kier molecular flexibility index (Phi) is 8.25. The number of ether oxygens (including phenoxy) is 2. The molecule has 1 N–H and O–H groups in total. The van der Waals surface area contributed by atoms with Crippen LogP contribution in [-0.4, -0.2) is 35.2 Å². The molecule has 0 fully saturated rings. The Hall–Kier alpha value is -5.60. The highest BCUT2D eigenvalue weighted by Crippen LogP contribution is 2.31. The second-order valence-corrected chi connectivity index (χ2v) is 10.3. The monoisotopic (exact) mass is 596 g/mol. The number of nitrogens with one attached hydrogen (secondary N) is 1. The van der Waals surface area contributed by atoms with E-state index in [-0.39, 0.29) is 11.1 Å². The molecule has 6 rings (SSSR count). The van der Waals surface area contributed by atoms with Crippen molar-refractivity contribution in [3.8, 4) is 34.0 Å². The molecule has 6 aromatic rings. The molecule has 7 nitrogen and oxygen atoms in total. The third-order valence-electron chi connectivity index (χ3n) is 7.07. The van der Waals surface area contributed by atoms with Gasteiger partial charge >= 0.3 is 0 Å². The van der Waals surface area contributed by atoms with Gasteiger partial charge < -0.3 is 19.7 Å². The van der Waals surface area contributed by atoms with Crippen molar-refractivity contribution >= 4 is 45.7 Å². The first kappa shape index (κ1) is 28.5. The first-order valence-electron chi connectivity index (χ1n) is 13.9. The maximum atomic E-state index is 13.1. The summed E-state index contributed by atoms with van der Waals surface area (Å²) >= 11 is 5.47. The van der Waals surface area contributed by atoms with Crippen molar-refractivity contribution in [2.75, 3.05) is 24.4 Å². The Morgan fingerprint density at radius 3 is 1.86 bits per heavy atom. The molecule has 216 valence electrons. The van der Waals surface area contributed by atoms with Crippen LogP contribution in [0.5, 0.6) is 11.5 Å². The molecule has 0 saturated carbocycles. The van der Waals surface area contributed by atoms with Gasteiger partial charge in [-0.3, -0.25) is 4.79 Å². The standard InChI is InChI=1S/C36H28N4O3S/c1-40(28-16-20-29(42-2)21-17-28)36(44)43-30-18-13-26(14-19-30)35(41)37-27-15-22-31-32(23-27)39-34(25-11-7-4-8-12-25)33(38-31)24-9-5-3-6-10-24/h3-23H,1-2H3,(H,37,41). The summed E-state index contributed by atoms with van der Waals surface area (Å²) < 4.78 is 11.1. The number of rotatable bonds is 7. The number of aromatic nitrogens is 2. The van der Waals surface area contributed by atoms with Crippen molar-refractivity contribution in [3.05, 3.63) is 133 Å². The fraction of sp³-hybridized carbons (Fsp3) is 0.0556. The predicted molar refractivity (Wildman–Crippen MR) is 179 cm³/mol. The molecule has 0 radical (unpaired) electrons. The quantitative estimate of drug-likeness (QED) is 0.187. The second kappa shape index (κ2) is 12.7. The molecular formula is C36H28N4O3S. The normalized spacial score (nSPS) is 10.7. The van der Waals surface area contributed by atoms with Gasteiger partial charge in [-0.15, -0.1) is 0 Å². The molecule has 1 amide bonds. The van der Waals surface area contributed by atoms with Crippen molar-refractivity contribution in [2.24, 2.45) is 0 Å². The van der Waals surface area contributed by atoms with Gasteiger partial charge in [0.15, 0.2) is 0 Å². The summed E-state index contributed by atoms with van der Waals surface area (Å²) in [6, 6.07) is 39.8. The van der Waals surface area contributed by atoms with Crippen LogP contribution >= 0.6 is 12.2 Å². The van der Waals surface area contributed by atoms with Crippen LogP contribution in [0.2, 0.25) is 0 Å². The van der Waals surface area contributed by atoms with Crippen LogP contribution in [-0.2, 0) is 0 Å². The van der Waals surface area contributed by atoms with Gasteiger partial charge in [0.1, 0.15) is 11.5 Å². The summed E-state index contributed by atoms with van der Waals surface area (Å²) in [7, 11) is 3.45. The zero-order valence-electron chi connectivity index (χ0n) is 24.1. The van der Waals surface area contributed by atoms with Gasteiger partial charge in [-0.05, 0) is 78.9 Å². The molecular weight excluding hydrogens is 568 g/mol. The number of amides is 1. The van der Waals surface area contributed by atoms with Crippen LogP contribution in [0.4, 0.5) is 11.4 Å². The minimum absolute atomic E-state index is 0.258. The smallest absolute Gasteiger partial charge is 0.269 e. The predicted octanol–water partition coefficient (Wildman–Crippen LogP) is 8.02. The maximum absolute atomic E-state index is 13.1. The van der Waals surface area contributed by atoms with Gasteiger partial charge in [0.25, 0.3) is 11.1 Å². The Morgan fingerprint density at radius 1 is 0.705 bits per heavy atom. The lowest BCUT2D eigenvalue weighted by molar-refractivity contribution is 0.102. The van der Waals surface area contributed by atoms with Crippen LogP contribution in [0.3, 0.4) is 0 Å². The van der Waals surface area contributed by atoms with E-state index in [1.165, 1.54) is 0 Å². The molecule has 0 aliphatic heterocycles. The molecule has 1 heterocycles. The summed E-state index contributed by atoms with van der Waals surface area (Å²) in [5.74, 6) is 1.02. The number of thiocarbonyl (C=S) groups is 1. The molecule has 44 heavy (non-hydrogen) atoms. The number of methoxy groups -OCH3 is 1. The van der Waals surface area contributed by atoms with Crippen molar-refractivity contribution < 1.29 is 14.3 Å². The number of benzene rings is 5. The number of hydrogen-bond donors (Lipinski definition) is 1. The highest BCUT2D eigenvalue weighted by Gasteiger charge is 2.15. The van der Waals surface area contributed by atoms with E-state index in [2.05, 4.69) is 5.32 Å². The van der Waals surface area contributed by atoms with Gasteiger partial charge in [0, 0.05) is 35.1 Å². The van der Waals surface area contributed by atoms with E-state index < -0.39 is 0 Å². The highest BCUT2D eigenvalue weighted by molar-refractivity contribution is 7.80. The average molecular weight is 597 g/mol. The first-order valence-corrected chi connectivity index (χ1v) is 14.3. The van der Waals surface area contributed by atoms with Crippen LogP contribution in [0.15, 0.2) is 127 Å². The molecule has 0 spiro atoms. The fourth-order valence-corrected chi connectivity index (χ4v) is 4.89. The molecule has 5 aromatic carbocycles. The number of anilines is 2. The van der Waals surface area contributed by atoms with Gasteiger partial charge in [0.2, 0.25) is 0 Å². The molecule has 0 bridgehead atoms. The van der Waals surface area contributed by atoms with E-state index >= 15 is 0 Å². The zero-order valence-corrected chi connectivity index (χ0v) is 24.9. The van der Waals surface area contributed by atoms with Crippen molar-refractivity contribution in [3.63, 3.8) is 0 Å². The lowest BCUT2D eigenvalue weighted by Gasteiger charge is -2.20. The molecule has 0 aliphatic carbocycles. The third kappa shape index (κ3) is 6.25. The SMILES string of the molecule is COc1ccc(N(C)C(=S)Oc2ccc(C(=O)Nc3ccc4nc(-c5ccccc5)c(-c5ccccc5)nc4c3)cc2)cc1. The largest absolute Gasteiger partial charge is 0.497 e. The lowest BCUT2D eigenvalue weighted by Crippen LogP contribution is -2.29. The highest BCUT2D eigenvalue weighted by atomic mass is 32.1. The van der Waals surface area contributed by atoms with E-state index in [4.69, 9.17) is 31.7 Å². The third-order valence-corrected chi connectivity index (χ3v) is 7.43. The maximum Gasteiger partial charge on any atom is 0.269 e. The second-order valence-electron chi connectivity index (χ2n) is 9.96. The molecule has 1 aromatic heterocycles. The van der Waals surface area contributed by atoms with Gasteiger partial charge in [-0.1, -0.05) is 60.7 Å². The summed E-state index contributed by atoms with van der Waals surface area (Å²) in [6.07, 6.45) is 0. The van der Waals surface area contributed by atoms with Crippen LogP contribution in [0.1, 0.15) is 10.4 Å². The molecule has 0 saturated heterocycles. The fourth-order valence-electron chi connectivity index (χ4n) is 4.68. The summed E-state index contributed by atoms with van der Waals surface area (Å²) in [4.78, 5) is 24.8. The first-order chi connectivity index (χ1) is 21.5. The Balaban J connectivity index is 1.18. The minimum Gasteiger partial charge on any atom is -0.497 e. The molecule has 0 atom stereocenters. The zero-order chi connectivity index (χ0) is 30.5. The summed E-state index contributed by atoms with van der Waals surface area (Å²) in [5.41, 5.74) is 6.90. The average Bonchev–Trinajstić information content (AvgIpc) is 3.08. The number of fused-ring (bicyclic) bond motifs is 1. The molecule has 8 heteroatoms. The molecule has 0 aliphatic rings. The molecule has 0 unspecified atom stereocenters. The van der Waals surface area contributed by atoms with Crippen LogP contribution in [0, 0.1) is 0 Å². The number of carbonyl (C=O) groups excluding carboxylic acids is 1. The summed E-state index contributed by atoms with van der Waals surface area (Å²) in [5, 5.41) is 3.25. The lowest BCUT2D eigenvalue weighted by atomic mass is 10.0. The van der Waals surface area contributed by atoms with Crippen molar-refractivity contribution in [1.82, 2.24) is 9.97 Å². The van der Waals surface area contributed by atoms with E-state index in [0.717, 1.165) is 39.5 Å². The topological polar surface area (TPSA) is 76.6 Å². The van der Waals surface area contributed by atoms with E-state index in [0.29, 0.717) is 22.5 Å². The van der Waals surface area contributed by atoms with E-state index in [1.807, 2.05) is 110 Å². The van der Waals surface area contributed by atoms with E-state index in [1.54, 1.807) is 36.3 Å². The van der Waals surface area contributed by atoms with Crippen LogP contribution in [0.25, 0.3) is 33.5 Å². The number of carbonyl (C=O) groups is 1. The Bertz CT molecular complexity index is 1930. The number of nitrogens with zero attached hydrogens (tertiary/aromatic N) is 3. The Labute approximate surface area is 260 Å². The summed E-state index contributed by atoms with van der Waals surface area (Å²) in [6.45, 7) is 0. The van der Waals surface area contributed by atoms with Gasteiger partial charge in [-0.25, -0.2) is 9.97 Å². The minimum atomic E-state index is -0.258. The van der Waals surface area contributed by atoms with Crippen LogP contribution < -0.4 is 19.7 Å². The van der Waals surface area contributed by atoms with Gasteiger partial charge in [0.05, 0.1) is 29.5 Å². The van der Waals surface area contributed by atoms with Gasteiger partial charge in [-0.2, -0.15) is 0 Å². The van der Waals surface area contributed by atoms with Crippen molar-refractivity contribution in [2.45, 2.75) is 0 Å². The van der Waals surface area contributed by atoms with E-state index in [9.17, 15) is 4.79 Å². The van der Waals surface area contributed by atoms with Crippen molar-refractivity contribution in [1.29, 1.82) is 0 Å². The Morgan fingerprint density at radius 2 is 1.27 bits per heavy atom.